The van der Waals surface area contributed by atoms with Gasteiger partial charge >= 0.3 is 0 Å². The van der Waals surface area contributed by atoms with Gasteiger partial charge in [0.05, 0.1) is 18.2 Å². The number of aryl methyl sites for hydroxylation is 1. The minimum atomic E-state index is 0.518. The van der Waals surface area contributed by atoms with Crippen molar-refractivity contribution in [2.75, 3.05) is 13.7 Å². The highest BCUT2D eigenvalue weighted by Gasteiger charge is 2.10. The summed E-state index contributed by atoms with van der Waals surface area (Å²) in [7, 11) is 1.60. The molecule has 16 heavy (non-hydrogen) atoms. The molecule has 0 aliphatic heterocycles. The Morgan fingerprint density at radius 2 is 2.19 bits per heavy atom. The van der Waals surface area contributed by atoms with Crippen molar-refractivity contribution in [3.8, 4) is 11.5 Å². The molecule has 0 radical (unpaired) electrons. The van der Waals surface area contributed by atoms with Gasteiger partial charge in [0, 0.05) is 6.42 Å². The lowest BCUT2D eigenvalue weighted by Crippen LogP contribution is -1.98. The fourth-order valence-corrected chi connectivity index (χ4v) is 2.10. The molecule has 0 unspecified atom stereocenters. The van der Waals surface area contributed by atoms with Gasteiger partial charge in [0.1, 0.15) is 6.29 Å². The summed E-state index contributed by atoms with van der Waals surface area (Å²) in [6, 6.07) is 3.86. The molecule has 0 saturated carbocycles. The van der Waals surface area contributed by atoms with Crippen LogP contribution < -0.4 is 9.47 Å². The topological polar surface area (TPSA) is 35.5 Å². The molecule has 0 heterocycles. The number of carbonyl (C=O) groups excluding carboxylic acids is 1. The van der Waals surface area contributed by atoms with Crippen molar-refractivity contribution >= 4 is 22.2 Å². The van der Waals surface area contributed by atoms with Crippen LogP contribution in [0.2, 0.25) is 0 Å². The molecule has 4 heteroatoms. The minimum Gasteiger partial charge on any atom is -0.492 e. The number of benzene rings is 1. The first kappa shape index (κ1) is 13.0. The van der Waals surface area contributed by atoms with E-state index in [0.29, 0.717) is 30.9 Å². The molecular weight excluding hydrogens is 272 g/mol. The Bertz CT molecular complexity index is 364. The molecule has 0 bridgehead atoms. The first-order valence-corrected chi connectivity index (χ1v) is 5.95. The van der Waals surface area contributed by atoms with Gasteiger partial charge in [-0.25, -0.2) is 0 Å². The van der Waals surface area contributed by atoms with Crippen LogP contribution in [-0.4, -0.2) is 20.0 Å². The summed E-state index contributed by atoms with van der Waals surface area (Å²) < 4.78 is 11.6. The van der Waals surface area contributed by atoms with E-state index in [1.54, 1.807) is 7.11 Å². The number of ether oxygens (including phenoxy) is 2. The average Bonchev–Trinajstić information content (AvgIpc) is 2.26. The van der Waals surface area contributed by atoms with Crippen molar-refractivity contribution in [3.63, 3.8) is 0 Å². The van der Waals surface area contributed by atoms with Crippen molar-refractivity contribution in [1.82, 2.24) is 0 Å². The van der Waals surface area contributed by atoms with Crippen LogP contribution in [0.4, 0.5) is 0 Å². The van der Waals surface area contributed by atoms with Gasteiger partial charge in [-0.3, -0.25) is 0 Å². The molecule has 3 nitrogen and oxygen atoms in total. The lowest BCUT2D eigenvalue weighted by atomic mass is 10.1. The molecule has 0 aromatic heterocycles. The van der Waals surface area contributed by atoms with Crippen molar-refractivity contribution in [1.29, 1.82) is 0 Å². The Hall–Kier alpha value is -1.03. The molecule has 0 atom stereocenters. The van der Waals surface area contributed by atoms with Crippen LogP contribution in [0.1, 0.15) is 18.9 Å². The molecule has 0 N–H and O–H groups in total. The molecule has 0 amide bonds. The highest BCUT2D eigenvalue weighted by Crippen LogP contribution is 2.36. The molecule has 1 rings (SSSR count). The summed E-state index contributed by atoms with van der Waals surface area (Å²) >= 11 is 3.43. The second-order valence-electron chi connectivity index (χ2n) is 3.25. The van der Waals surface area contributed by atoms with Crippen LogP contribution in [0, 0.1) is 0 Å². The number of halogens is 1. The minimum absolute atomic E-state index is 0.518. The van der Waals surface area contributed by atoms with Gasteiger partial charge < -0.3 is 14.3 Å². The number of carbonyl (C=O) groups is 1. The molecule has 0 spiro atoms. The standard InChI is InChI=1S/C12H15BrO3/c1-3-16-11-8-9(5-4-6-14)7-10(13)12(11)15-2/h6-8H,3-5H2,1-2H3. The maximum atomic E-state index is 10.3. The molecule has 0 aliphatic carbocycles. The van der Waals surface area contributed by atoms with E-state index < -0.39 is 0 Å². The summed E-state index contributed by atoms with van der Waals surface area (Å²) in [6.45, 7) is 2.51. The van der Waals surface area contributed by atoms with Crippen LogP contribution in [0.15, 0.2) is 16.6 Å². The third kappa shape index (κ3) is 3.23. The zero-order valence-electron chi connectivity index (χ0n) is 9.46. The Kier molecular flexibility index (Phi) is 5.32. The Morgan fingerprint density at radius 3 is 2.75 bits per heavy atom. The third-order valence-corrected chi connectivity index (χ3v) is 2.71. The van der Waals surface area contributed by atoms with Gasteiger partial charge in [-0.2, -0.15) is 0 Å². The summed E-state index contributed by atoms with van der Waals surface area (Å²) in [5, 5.41) is 0. The van der Waals surface area contributed by atoms with E-state index >= 15 is 0 Å². The van der Waals surface area contributed by atoms with Crippen LogP contribution in [0.5, 0.6) is 11.5 Å². The fourth-order valence-electron chi connectivity index (χ4n) is 1.45. The van der Waals surface area contributed by atoms with E-state index in [-0.39, 0.29) is 0 Å². The first-order chi connectivity index (χ1) is 7.72. The van der Waals surface area contributed by atoms with E-state index in [1.165, 1.54) is 0 Å². The predicted octanol–water partition coefficient (Wildman–Crippen LogP) is 2.99. The summed E-state index contributed by atoms with van der Waals surface area (Å²) in [5.41, 5.74) is 1.06. The van der Waals surface area contributed by atoms with Crippen LogP contribution >= 0.6 is 15.9 Å². The molecule has 1 aromatic rings. The van der Waals surface area contributed by atoms with E-state index in [0.717, 1.165) is 16.3 Å². The van der Waals surface area contributed by atoms with Gasteiger partial charge in [0.25, 0.3) is 0 Å². The highest BCUT2D eigenvalue weighted by molar-refractivity contribution is 9.10. The largest absolute Gasteiger partial charge is 0.492 e. The van der Waals surface area contributed by atoms with E-state index in [4.69, 9.17) is 9.47 Å². The predicted molar refractivity (Wildman–Crippen MR) is 66.2 cm³/mol. The number of aldehydes is 1. The number of methoxy groups -OCH3 is 1. The van der Waals surface area contributed by atoms with Gasteiger partial charge in [-0.05, 0) is 47.0 Å². The number of rotatable bonds is 6. The number of hydrogen-bond acceptors (Lipinski definition) is 3. The first-order valence-electron chi connectivity index (χ1n) is 5.15. The van der Waals surface area contributed by atoms with Crippen LogP contribution in [0.25, 0.3) is 0 Å². The summed E-state index contributed by atoms with van der Waals surface area (Å²) in [5.74, 6) is 1.40. The van der Waals surface area contributed by atoms with Crippen LogP contribution in [0.3, 0.4) is 0 Å². The molecule has 88 valence electrons. The van der Waals surface area contributed by atoms with Crippen molar-refractivity contribution in [2.24, 2.45) is 0 Å². The lowest BCUT2D eigenvalue weighted by molar-refractivity contribution is -0.107. The van der Waals surface area contributed by atoms with Gasteiger partial charge in [0.2, 0.25) is 0 Å². The maximum Gasteiger partial charge on any atom is 0.174 e. The Balaban J connectivity index is 3.01. The zero-order chi connectivity index (χ0) is 12.0. The highest BCUT2D eigenvalue weighted by atomic mass is 79.9. The van der Waals surface area contributed by atoms with E-state index in [1.807, 2.05) is 19.1 Å². The Morgan fingerprint density at radius 1 is 1.44 bits per heavy atom. The molecule has 0 fully saturated rings. The summed E-state index contributed by atoms with van der Waals surface area (Å²) in [6.07, 6.45) is 2.15. The third-order valence-electron chi connectivity index (χ3n) is 2.12. The quantitative estimate of drug-likeness (QED) is 0.754. The summed E-state index contributed by atoms with van der Waals surface area (Å²) in [4.78, 5) is 10.3. The van der Waals surface area contributed by atoms with Crippen molar-refractivity contribution < 1.29 is 14.3 Å². The smallest absolute Gasteiger partial charge is 0.174 e. The second kappa shape index (κ2) is 6.53. The van der Waals surface area contributed by atoms with Gasteiger partial charge in [0.15, 0.2) is 11.5 Å². The number of hydrogen-bond donors (Lipinski definition) is 0. The molecule has 0 aliphatic rings. The SMILES string of the molecule is CCOc1cc(CCC=O)cc(Br)c1OC. The van der Waals surface area contributed by atoms with Gasteiger partial charge in [-0.1, -0.05) is 0 Å². The zero-order valence-corrected chi connectivity index (χ0v) is 11.0. The normalized spacial score (nSPS) is 9.94. The monoisotopic (exact) mass is 286 g/mol. The van der Waals surface area contributed by atoms with E-state index in [2.05, 4.69) is 15.9 Å². The average molecular weight is 287 g/mol. The fraction of sp³-hybridized carbons (Fsp3) is 0.417. The second-order valence-corrected chi connectivity index (χ2v) is 4.10. The van der Waals surface area contributed by atoms with E-state index in [9.17, 15) is 4.79 Å². The Labute approximate surface area is 104 Å². The van der Waals surface area contributed by atoms with Crippen molar-refractivity contribution in [2.45, 2.75) is 19.8 Å². The van der Waals surface area contributed by atoms with Gasteiger partial charge in [-0.15, -0.1) is 0 Å². The van der Waals surface area contributed by atoms with Crippen molar-refractivity contribution in [3.05, 3.63) is 22.2 Å². The molecular formula is C12H15BrO3. The maximum absolute atomic E-state index is 10.3. The van der Waals surface area contributed by atoms with Crippen LogP contribution in [-0.2, 0) is 11.2 Å². The molecule has 0 saturated heterocycles. The lowest BCUT2D eigenvalue weighted by Gasteiger charge is -2.12. The molecule has 1 aromatic carbocycles.